The molecular formula is C11H19N3O. The maximum atomic E-state index is 5.48. The van der Waals surface area contributed by atoms with Crippen LogP contribution in [0.4, 0.5) is 0 Å². The predicted octanol–water partition coefficient (Wildman–Crippen LogP) is 1.37. The van der Waals surface area contributed by atoms with Gasteiger partial charge in [-0.1, -0.05) is 12.1 Å². The van der Waals surface area contributed by atoms with E-state index in [0.717, 1.165) is 30.5 Å². The lowest BCUT2D eigenvalue weighted by Crippen LogP contribution is -2.24. The van der Waals surface area contributed by atoms with Crippen LogP contribution in [-0.2, 0) is 13.1 Å². The van der Waals surface area contributed by atoms with Gasteiger partial charge in [0.25, 0.3) is 0 Å². The Kier molecular flexibility index (Phi) is 3.38. The minimum atomic E-state index is 0.457. The fourth-order valence-corrected chi connectivity index (χ4v) is 1.72. The molecule has 2 rings (SSSR count). The van der Waals surface area contributed by atoms with Gasteiger partial charge in [0, 0.05) is 19.2 Å². The molecule has 1 fully saturated rings. The molecule has 2 N–H and O–H groups in total. The summed E-state index contributed by atoms with van der Waals surface area (Å²) in [7, 11) is 0. The van der Waals surface area contributed by atoms with E-state index in [-0.39, 0.29) is 0 Å². The van der Waals surface area contributed by atoms with Gasteiger partial charge in [0.15, 0.2) is 5.76 Å². The first kappa shape index (κ1) is 10.6. The summed E-state index contributed by atoms with van der Waals surface area (Å²) in [5.74, 6) is 1.85. The van der Waals surface area contributed by atoms with Gasteiger partial charge in [-0.2, -0.15) is 0 Å². The quantitative estimate of drug-likeness (QED) is 0.768. The number of nitrogens with two attached hydrogens (primary N) is 1. The van der Waals surface area contributed by atoms with Crippen molar-refractivity contribution in [1.82, 2.24) is 10.1 Å². The van der Waals surface area contributed by atoms with Gasteiger partial charge in [0.1, 0.15) is 0 Å². The lowest BCUT2D eigenvalue weighted by molar-refractivity contribution is 0.232. The Morgan fingerprint density at radius 1 is 1.60 bits per heavy atom. The number of aromatic nitrogens is 1. The second-order valence-corrected chi connectivity index (χ2v) is 4.26. The Balaban J connectivity index is 1.86. The van der Waals surface area contributed by atoms with Gasteiger partial charge in [0.2, 0.25) is 0 Å². The van der Waals surface area contributed by atoms with Gasteiger partial charge in [-0.15, -0.1) is 0 Å². The lowest BCUT2D eigenvalue weighted by atomic mass is 10.3. The minimum absolute atomic E-state index is 0.457. The first-order chi connectivity index (χ1) is 7.31. The van der Waals surface area contributed by atoms with E-state index >= 15 is 0 Å². The Bertz CT molecular complexity index is 307. The smallest absolute Gasteiger partial charge is 0.151 e. The van der Waals surface area contributed by atoms with Gasteiger partial charge < -0.3 is 10.3 Å². The van der Waals surface area contributed by atoms with Gasteiger partial charge in [0.05, 0.1) is 12.2 Å². The molecule has 1 aliphatic carbocycles. The zero-order valence-electron chi connectivity index (χ0n) is 9.28. The van der Waals surface area contributed by atoms with Crippen molar-refractivity contribution in [1.29, 1.82) is 0 Å². The summed E-state index contributed by atoms with van der Waals surface area (Å²) in [6.07, 6.45) is 2.78. The van der Waals surface area contributed by atoms with Crippen LogP contribution in [0.1, 0.15) is 31.2 Å². The topological polar surface area (TPSA) is 55.3 Å². The first-order valence-electron chi connectivity index (χ1n) is 5.68. The highest BCUT2D eigenvalue weighted by molar-refractivity contribution is 5.04. The van der Waals surface area contributed by atoms with Crippen molar-refractivity contribution in [2.24, 2.45) is 11.7 Å². The van der Waals surface area contributed by atoms with Crippen molar-refractivity contribution in [2.45, 2.75) is 32.9 Å². The summed E-state index contributed by atoms with van der Waals surface area (Å²) in [6.45, 7) is 5.76. The Morgan fingerprint density at radius 2 is 2.40 bits per heavy atom. The molecule has 1 saturated carbocycles. The molecule has 0 saturated heterocycles. The summed E-state index contributed by atoms with van der Waals surface area (Å²) < 4.78 is 5.22. The summed E-state index contributed by atoms with van der Waals surface area (Å²) in [5, 5.41) is 3.89. The van der Waals surface area contributed by atoms with Gasteiger partial charge >= 0.3 is 0 Å². The molecule has 0 spiro atoms. The predicted molar refractivity (Wildman–Crippen MR) is 58.1 cm³/mol. The number of hydrogen-bond acceptors (Lipinski definition) is 4. The fraction of sp³-hybridized carbons (Fsp3) is 0.727. The molecule has 0 radical (unpaired) electrons. The molecule has 1 aromatic heterocycles. The molecule has 4 heteroatoms. The van der Waals surface area contributed by atoms with Crippen LogP contribution in [0.3, 0.4) is 0 Å². The van der Waals surface area contributed by atoms with Crippen molar-refractivity contribution in [3.63, 3.8) is 0 Å². The maximum Gasteiger partial charge on any atom is 0.151 e. The maximum absolute atomic E-state index is 5.48. The molecule has 15 heavy (non-hydrogen) atoms. The third kappa shape index (κ3) is 3.04. The van der Waals surface area contributed by atoms with E-state index in [1.165, 1.54) is 19.4 Å². The van der Waals surface area contributed by atoms with Gasteiger partial charge in [-0.05, 0) is 25.3 Å². The summed E-state index contributed by atoms with van der Waals surface area (Å²) in [4.78, 5) is 2.40. The number of hydrogen-bond donors (Lipinski definition) is 1. The Hall–Kier alpha value is -0.870. The molecule has 4 nitrogen and oxygen atoms in total. The Labute approximate surface area is 90.4 Å². The molecule has 1 aliphatic rings. The molecule has 84 valence electrons. The molecule has 1 aromatic rings. The van der Waals surface area contributed by atoms with E-state index < -0.39 is 0 Å². The first-order valence-corrected chi connectivity index (χ1v) is 5.68. The highest BCUT2D eigenvalue weighted by Crippen LogP contribution is 2.30. The average Bonchev–Trinajstić information content (AvgIpc) is 2.95. The molecule has 1 heterocycles. The molecule has 0 atom stereocenters. The van der Waals surface area contributed by atoms with Crippen molar-refractivity contribution >= 4 is 0 Å². The van der Waals surface area contributed by atoms with Crippen LogP contribution in [-0.4, -0.2) is 23.1 Å². The summed E-state index contributed by atoms with van der Waals surface area (Å²) in [6, 6.07) is 1.95. The monoisotopic (exact) mass is 209 g/mol. The van der Waals surface area contributed by atoms with Crippen molar-refractivity contribution in [3.8, 4) is 0 Å². The van der Waals surface area contributed by atoms with Crippen LogP contribution < -0.4 is 5.73 Å². The SMILES string of the molecule is CCN(Cc1cc(CN)no1)CC1CC1. The van der Waals surface area contributed by atoms with E-state index in [4.69, 9.17) is 10.3 Å². The largest absolute Gasteiger partial charge is 0.360 e. The van der Waals surface area contributed by atoms with E-state index in [2.05, 4.69) is 17.0 Å². The molecule has 0 aliphatic heterocycles. The highest BCUT2D eigenvalue weighted by atomic mass is 16.5. The zero-order valence-corrected chi connectivity index (χ0v) is 9.28. The van der Waals surface area contributed by atoms with Crippen LogP contribution in [0.15, 0.2) is 10.6 Å². The van der Waals surface area contributed by atoms with Crippen molar-refractivity contribution in [3.05, 3.63) is 17.5 Å². The highest BCUT2D eigenvalue weighted by Gasteiger charge is 2.24. The lowest BCUT2D eigenvalue weighted by Gasteiger charge is -2.17. The number of nitrogens with zero attached hydrogens (tertiary/aromatic N) is 2. The van der Waals surface area contributed by atoms with Crippen molar-refractivity contribution in [2.75, 3.05) is 13.1 Å². The normalized spacial score (nSPS) is 16.2. The standard InChI is InChI=1S/C11H19N3O/c1-2-14(7-9-3-4-9)8-11-5-10(6-12)13-15-11/h5,9H,2-4,6-8,12H2,1H3. The fourth-order valence-electron chi connectivity index (χ4n) is 1.72. The van der Waals surface area contributed by atoms with Crippen LogP contribution in [0.2, 0.25) is 0 Å². The molecule has 0 amide bonds. The van der Waals surface area contributed by atoms with E-state index in [9.17, 15) is 0 Å². The van der Waals surface area contributed by atoms with E-state index in [1.54, 1.807) is 0 Å². The summed E-state index contributed by atoms with van der Waals surface area (Å²) in [5.41, 5.74) is 6.32. The molecule has 0 aromatic carbocycles. The van der Waals surface area contributed by atoms with E-state index in [0.29, 0.717) is 6.54 Å². The molecule has 0 bridgehead atoms. The summed E-state index contributed by atoms with van der Waals surface area (Å²) >= 11 is 0. The minimum Gasteiger partial charge on any atom is -0.360 e. The number of rotatable bonds is 6. The van der Waals surface area contributed by atoms with Crippen LogP contribution in [0.5, 0.6) is 0 Å². The van der Waals surface area contributed by atoms with Crippen molar-refractivity contribution < 1.29 is 4.52 Å². The third-order valence-corrected chi connectivity index (χ3v) is 2.86. The van der Waals surface area contributed by atoms with Crippen LogP contribution in [0, 0.1) is 5.92 Å². The van der Waals surface area contributed by atoms with Gasteiger partial charge in [-0.25, -0.2) is 0 Å². The zero-order chi connectivity index (χ0) is 10.7. The molecule has 0 unspecified atom stereocenters. The van der Waals surface area contributed by atoms with E-state index in [1.807, 2.05) is 6.07 Å². The third-order valence-electron chi connectivity index (χ3n) is 2.86. The van der Waals surface area contributed by atoms with Crippen LogP contribution in [0.25, 0.3) is 0 Å². The second kappa shape index (κ2) is 4.77. The molecular weight excluding hydrogens is 190 g/mol. The Morgan fingerprint density at radius 3 is 2.93 bits per heavy atom. The van der Waals surface area contributed by atoms with Gasteiger partial charge in [-0.3, -0.25) is 4.90 Å². The average molecular weight is 209 g/mol. The second-order valence-electron chi connectivity index (χ2n) is 4.26. The van der Waals surface area contributed by atoms with Crippen LogP contribution >= 0.6 is 0 Å².